The van der Waals surface area contributed by atoms with Crippen LogP contribution in [0.3, 0.4) is 0 Å². The third-order valence-electron chi connectivity index (χ3n) is 4.06. The molecule has 2 heterocycles. The van der Waals surface area contributed by atoms with Crippen LogP contribution in [-0.2, 0) is 11.2 Å². The summed E-state index contributed by atoms with van der Waals surface area (Å²) in [5.41, 5.74) is 2.64. The molecule has 4 aromatic rings. The van der Waals surface area contributed by atoms with E-state index in [9.17, 15) is 4.79 Å². The number of hydrogen-bond donors (Lipinski definition) is 1. The van der Waals surface area contributed by atoms with Gasteiger partial charge in [0, 0.05) is 24.1 Å². The zero-order valence-corrected chi connectivity index (χ0v) is 15.6. The Bertz CT molecular complexity index is 1070. The lowest BCUT2D eigenvalue weighted by Crippen LogP contribution is -2.11. The topological polar surface area (TPSA) is 80.9 Å². The lowest BCUT2D eigenvalue weighted by Gasteiger charge is -2.04. The highest BCUT2D eigenvalue weighted by atomic mass is 32.1. The zero-order chi connectivity index (χ0) is 18.6. The van der Waals surface area contributed by atoms with Crippen molar-refractivity contribution >= 4 is 33.1 Å². The zero-order valence-electron chi connectivity index (χ0n) is 14.8. The van der Waals surface area contributed by atoms with Crippen LogP contribution in [0.15, 0.2) is 52.9 Å². The van der Waals surface area contributed by atoms with Crippen LogP contribution in [0.2, 0.25) is 0 Å². The minimum atomic E-state index is -0.0293. The first kappa shape index (κ1) is 17.4. The molecule has 0 radical (unpaired) electrons. The van der Waals surface area contributed by atoms with Crippen molar-refractivity contribution in [3.63, 3.8) is 0 Å². The normalized spacial score (nSPS) is 11.0. The molecule has 0 fully saturated rings. The van der Waals surface area contributed by atoms with Gasteiger partial charge in [0.05, 0.1) is 15.2 Å². The van der Waals surface area contributed by atoms with E-state index >= 15 is 0 Å². The SMILES string of the molecule is Cc1nc2ccc(NC(=O)CCCc3nnc(-c4ccccc4)o3)cc2s1. The molecule has 0 spiro atoms. The number of aromatic nitrogens is 3. The fourth-order valence-electron chi connectivity index (χ4n) is 2.79. The fourth-order valence-corrected chi connectivity index (χ4v) is 3.66. The molecule has 1 N–H and O–H groups in total. The maximum Gasteiger partial charge on any atom is 0.247 e. The number of benzene rings is 2. The monoisotopic (exact) mass is 378 g/mol. The molecule has 0 atom stereocenters. The van der Waals surface area contributed by atoms with Crippen molar-refractivity contribution in [3.8, 4) is 11.5 Å². The Morgan fingerprint density at radius 1 is 1.15 bits per heavy atom. The van der Waals surface area contributed by atoms with Crippen LogP contribution >= 0.6 is 11.3 Å². The quantitative estimate of drug-likeness (QED) is 0.530. The molecule has 6 nitrogen and oxygen atoms in total. The van der Waals surface area contributed by atoms with Crippen LogP contribution in [0.5, 0.6) is 0 Å². The molecule has 0 aliphatic rings. The Balaban J connectivity index is 1.29. The summed E-state index contributed by atoms with van der Waals surface area (Å²) in [4.78, 5) is 16.6. The summed E-state index contributed by atoms with van der Waals surface area (Å²) in [5, 5.41) is 12.1. The number of nitrogens with zero attached hydrogens (tertiary/aromatic N) is 3. The van der Waals surface area contributed by atoms with Crippen molar-refractivity contribution < 1.29 is 9.21 Å². The maximum absolute atomic E-state index is 12.2. The number of rotatable bonds is 6. The highest BCUT2D eigenvalue weighted by Crippen LogP contribution is 2.25. The third-order valence-corrected chi connectivity index (χ3v) is 4.99. The molecule has 0 aliphatic carbocycles. The molecule has 0 saturated heterocycles. The highest BCUT2D eigenvalue weighted by Gasteiger charge is 2.10. The van der Waals surface area contributed by atoms with Gasteiger partial charge in [-0.25, -0.2) is 4.98 Å². The van der Waals surface area contributed by atoms with E-state index in [4.69, 9.17) is 4.42 Å². The Hall–Kier alpha value is -3.06. The van der Waals surface area contributed by atoms with Crippen LogP contribution in [0.25, 0.3) is 21.7 Å². The Morgan fingerprint density at radius 3 is 2.85 bits per heavy atom. The number of carbonyl (C=O) groups excluding carboxylic acids is 1. The van der Waals surface area contributed by atoms with Crippen LogP contribution in [0.1, 0.15) is 23.7 Å². The smallest absolute Gasteiger partial charge is 0.247 e. The summed E-state index contributed by atoms with van der Waals surface area (Å²) >= 11 is 1.62. The summed E-state index contributed by atoms with van der Waals surface area (Å²) in [7, 11) is 0. The number of amides is 1. The van der Waals surface area contributed by atoms with Crippen molar-refractivity contribution in [2.24, 2.45) is 0 Å². The lowest BCUT2D eigenvalue weighted by molar-refractivity contribution is -0.116. The van der Waals surface area contributed by atoms with Crippen molar-refractivity contribution in [2.75, 3.05) is 5.32 Å². The minimum Gasteiger partial charge on any atom is -0.421 e. The molecular formula is C20H18N4O2S. The molecule has 1 amide bonds. The second kappa shape index (κ2) is 7.67. The number of fused-ring (bicyclic) bond motifs is 1. The average molecular weight is 378 g/mol. The Labute approximate surface area is 160 Å². The van der Waals surface area contributed by atoms with E-state index in [0.717, 1.165) is 26.5 Å². The van der Waals surface area contributed by atoms with Gasteiger partial charge in [0.25, 0.3) is 0 Å². The van der Waals surface area contributed by atoms with Gasteiger partial charge >= 0.3 is 0 Å². The Kier molecular flexibility index (Phi) is 4.93. The highest BCUT2D eigenvalue weighted by molar-refractivity contribution is 7.18. The van der Waals surface area contributed by atoms with Gasteiger partial charge in [0.1, 0.15) is 0 Å². The summed E-state index contributed by atoms with van der Waals surface area (Å²) in [5.74, 6) is 1.02. The van der Waals surface area contributed by atoms with E-state index in [1.807, 2.05) is 55.5 Å². The second-order valence-corrected chi connectivity index (χ2v) is 7.42. The molecule has 2 aromatic heterocycles. The van der Waals surface area contributed by atoms with E-state index in [2.05, 4.69) is 20.5 Å². The van der Waals surface area contributed by atoms with Gasteiger partial charge in [0.2, 0.25) is 17.7 Å². The maximum atomic E-state index is 12.2. The summed E-state index contributed by atoms with van der Waals surface area (Å²) in [6.45, 7) is 1.98. The van der Waals surface area contributed by atoms with Gasteiger partial charge < -0.3 is 9.73 Å². The summed E-state index contributed by atoms with van der Waals surface area (Å²) < 4.78 is 6.73. The number of hydrogen-bond acceptors (Lipinski definition) is 6. The van der Waals surface area contributed by atoms with E-state index in [0.29, 0.717) is 31.0 Å². The first-order chi connectivity index (χ1) is 13.2. The van der Waals surface area contributed by atoms with Gasteiger partial charge in [-0.15, -0.1) is 21.5 Å². The number of thiazole rings is 1. The predicted octanol–water partition coefficient (Wildman–Crippen LogP) is 4.62. The van der Waals surface area contributed by atoms with Gasteiger partial charge in [-0.1, -0.05) is 18.2 Å². The number of anilines is 1. The van der Waals surface area contributed by atoms with Crippen LogP contribution in [-0.4, -0.2) is 21.1 Å². The number of carbonyl (C=O) groups is 1. The van der Waals surface area contributed by atoms with Gasteiger partial charge in [-0.05, 0) is 43.7 Å². The predicted molar refractivity (Wildman–Crippen MR) is 106 cm³/mol. The van der Waals surface area contributed by atoms with E-state index in [1.165, 1.54) is 0 Å². The summed E-state index contributed by atoms with van der Waals surface area (Å²) in [6.07, 6.45) is 1.60. The van der Waals surface area contributed by atoms with Gasteiger partial charge in [-0.3, -0.25) is 4.79 Å². The van der Waals surface area contributed by atoms with Gasteiger partial charge in [0.15, 0.2) is 0 Å². The standard InChI is InChI=1S/C20H18N4O2S/c1-13-21-16-11-10-15(12-17(16)27-13)22-18(25)8-5-9-19-23-24-20(26-19)14-6-3-2-4-7-14/h2-4,6-7,10-12H,5,8-9H2,1H3,(H,22,25). The molecule has 136 valence electrons. The van der Waals surface area contributed by atoms with Crippen LogP contribution in [0, 0.1) is 6.92 Å². The molecule has 2 aromatic carbocycles. The third kappa shape index (κ3) is 4.20. The first-order valence-electron chi connectivity index (χ1n) is 8.72. The van der Waals surface area contributed by atoms with Gasteiger partial charge in [-0.2, -0.15) is 0 Å². The van der Waals surface area contributed by atoms with Crippen LogP contribution < -0.4 is 5.32 Å². The lowest BCUT2D eigenvalue weighted by atomic mass is 10.2. The summed E-state index contributed by atoms with van der Waals surface area (Å²) in [6, 6.07) is 15.4. The average Bonchev–Trinajstić information content (AvgIpc) is 3.28. The largest absolute Gasteiger partial charge is 0.421 e. The molecular weight excluding hydrogens is 360 g/mol. The Morgan fingerprint density at radius 2 is 2.00 bits per heavy atom. The molecule has 4 rings (SSSR count). The van der Waals surface area contributed by atoms with E-state index < -0.39 is 0 Å². The molecule has 0 unspecified atom stereocenters. The first-order valence-corrected chi connectivity index (χ1v) is 9.54. The van der Waals surface area contributed by atoms with Crippen molar-refractivity contribution in [2.45, 2.75) is 26.2 Å². The molecule has 0 bridgehead atoms. The number of aryl methyl sites for hydroxylation is 2. The fraction of sp³-hybridized carbons (Fsp3) is 0.200. The van der Waals surface area contributed by atoms with Crippen molar-refractivity contribution in [3.05, 3.63) is 59.4 Å². The number of nitrogens with one attached hydrogen (secondary N) is 1. The minimum absolute atomic E-state index is 0.0293. The van der Waals surface area contributed by atoms with Crippen molar-refractivity contribution in [1.29, 1.82) is 0 Å². The van der Waals surface area contributed by atoms with E-state index in [1.54, 1.807) is 11.3 Å². The van der Waals surface area contributed by atoms with E-state index in [-0.39, 0.29) is 5.91 Å². The molecule has 0 aliphatic heterocycles. The molecule has 7 heteroatoms. The van der Waals surface area contributed by atoms with Crippen molar-refractivity contribution in [1.82, 2.24) is 15.2 Å². The molecule has 0 saturated carbocycles. The van der Waals surface area contributed by atoms with Crippen LogP contribution in [0.4, 0.5) is 5.69 Å². The second-order valence-electron chi connectivity index (χ2n) is 6.18. The molecule has 27 heavy (non-hydrogen) atoms.